The molecule has 0 radical (unpaired) electrons. The number of carbonyl (C=O) groups excluding carboxylic acids is 2. The van der Waals surface area contributed by atoms with E-state index in [9.17, 15) is 14.0 Å². The van der Waals surface area contributed by atoms with E-state index in [0.29, 0.717) is 0 Å². The molecule has 1 rings (SSSR count). The van der Waals surface area contributed by atoms with Crippen molar-refractivity contribution >= 4 is 11.9 Å². The summed E-state index contributed by atoms with van der Waals surface area (Å²) in [5.74, 6) is 2.91. The van der Waals surface area contributed by atoms with Crippen molar-refractivity contribution in [3.05, 3.63) is 35.1 Å². The van der Waals surface area contributed by atoms with Gasteiger partial charge in [-0.3, -0.25) is 9.59 Å². The van der Waals surface area contributed by atoms with E-state index in [4.69, 9.17) is 5.11 Å². The minimum absolute atomic E-state index is 0.0707. The van der Waals surface area contributed by atoms with Gasteiger partial charge in [0.2, 0.25) is 0 Å². The molecule has 0 unspecified atom stereocenters. The van der Waals surface area contributed by atoms with Gasteiger partial charge in [0.1, 0.15) is 19.0 Å². The fourth-order valence-electron chi connectivity index (χ4n) is 1.36. The number of aliphatic hydroxyl groups is 1. The van der Waals surface area contributed by atoms with Crippen molar-refractivity contribution in [3.8, 4) is 11.8 Å². The van der Waals surface area contributed by atoms with E-state index in [1.807, 2.05) is 0 Å². The first-order chi connectivity index (χ1) is 9.58. The van der Waals surface area contributed by atoms with Gasteiger partial charge in [-0.15, -0.1) is 0 Å². The lowest BCUT2D eigenvalue weighted by molar-refractivity contribution is -0.141. The molecule has 0 aromatic heterocycles. The van der Waals surface area contributed by atoms with E-state index in [2.05, 4.69) is 21.9 Å². The predicted molar refractivity (Wildman–Crippen MR) is 69.3 cm³/mol. The standard InChI is InChI=1S/C14H14FNO4/c1-2-20-13(18)9-16-14(19)11-6-5-10(4-3-7-17)12(15)8-11/h5-6,8,17H,2,7,9H2,1H3,(H,16,19). The summed E-state index contributed by atoms with van der Waals surface area (Å²) in [7, 11) is 0. The van der Waals surface area contributed by atoms with E-state index in [0.717, 1.165) is 6.07 Å². The Hall–Kier alpha value is -2.39. The van der Waals surface area contributed by atoms with Crippen LogP contribution in [0.2, 0.25) is 0 Å². The highest BCUT2D eigenvalue weighted by molar-refractivity contribution is 5.96. The Morgan fingerprint density at radius 2 is 2.20 bits per heavy atom. The Morgan fingerprint density at radius 1 is 1.45 bits per heavy atom. The number of esters is 1. The highest BCUT2D eigenvalue weighted by Gasteiger charge is 2.10. The summed E-state index contributed by atoms with van der Waals surface area (Å²) in [4.78, 5) is 22.7. The highest BCUT2D eigenvalue weighted by atomic mass is 19.1. The molecule has 1 aromatic rings. The number of hydrogen-bond acceptors (Lipinski definition) is 4. The molecule has 0 spiro atoms. The first-order valence-electron chi connectivity index (χ1n) is 5.91. The predicted octanol–water partition coefficient (Wildman–Crippen LogP) is 0.462. The Balaban J connectivity index is 2.70. The second-order valence-corrected chi connectivity index (χ2v) is 3.64. The third-order valence-corrected chi connectivity index (χ3v) is 2.23. The number of amides is 1. The summed E-state index contributed by atoms with van der Waals surface area (Å²) in [6.45, 7) is 1.23. The maximum absolute atomic E-state index is 13.6. The van der Waals surface area contributed by atoms with Gasteiger partial charge < -0.3 is 15.2 Å². The lowest BCUT2D eigenvalue weighted by Gasteiger charge is -2.05. The van der Waals surface area contributed by atoms with Crippen LogP contribution in [0.4, 0.5) is 4.39 Å². The molecule has 0 aliphatic heterocycles. The van der Waals surface area contributed by atoms with E-state index < -0.39 is 17.7 Å². The first kappa shape index (κ1) is 15.7. The van der Waals surface area contributed by atoms with Crippen LogP contribution in [0.3, 0.4) is 0 Å². The van der Waals surface area contributed by atoms with Crippen LogP contribution in [-0.4, -0.2) is 36.7 Å². The summed E-state index contributed by atoms with van der Waals surface area (Å²) < 4.78 is 18.2. The average molecular weight is 279 g/mol. The van der Waals surface area contributed by atoms with Crippen LogP contribution in [0.15, 0.2) is 18.2 Å². The van der Waals surface area contributed by atoms with E-state index in [1.54, 1.807) is 6.92 Å². The Morgan fingerprint density at radius 3 is 2.80 bits per heavy atom. The molecule has 0 heterocycles. The van der Waals surface area contributed by atoms with Crippen LogP contribution in [0.25, 0.3) is 0 Å². The van der Waals surface area contributed by atoms with Crippen molar-refractivity contribution in [2.24, 2.45) is 0 Å². The Labute approximate surface area is 115 Å². The SMILES string of the molecule is CCOC(=O)CNC(=O)c1ccc(C#CCO)c(F)c1. The molecule has 1 amide bonds. The summed E-state index contributed by atoms with van der Waals surface area (Å²) in [6.07, 6.45) is 0. The van der Waals surface area contributed by atoms with Crippen LogP contribution >= 0.6 is 0 Å². The van der Waals surface area contributed by atoms with Gasteiger partial charge in [-0.05, 0) is 25.1 Å². The van der Waals surface area contributed by atoms with Crippen LogP contribution < -0.4 is 5.32 Å². The van der Waals surface area contributed by atoms with Gasteiger partial charge in [-0.25, -0.2) is 4.39 Å². The van der Waals surface area contributed by atoms with Gasteiger partial charge in [0.05, 0.1) is 12.2 Å². The van der Waals surface area contributed by atoms with Crippen LogP contribution in [-0.2, 0) is 9.53 Å². The molecule has 1 aromatic carbocycles. The van der Waals surface area contributed by atoms with Gasteiger partial charge in [-0.1, -0.05) is 11.8 Å². The zero-order valence-electron chi connectivity index (χ0n) is 10.9. The van der Waals surface area contributed by atoms with Crippen molar-refractivity contribution in [2.45, 2.75) is 6.92 Å². The molecule has 2 N–H and O–H groups in total. The zero-order chi connectivity index (χ0) is 15.0. The molecule has 0 saturated heterocycles. The van der Waals surface area contributed by atoms with Gasteiger partial charge in [0.25, 0.3) is 5.91 Å². The van der Waals surface area contributed by atoms with Gasteiger partial charge >= 0.3 is 5.97 Å². The molecule has 0 fully saturated rings. The molecular formula is C14H14FNO4. The maximum Gasteiger partial charge on any atom is 0.325 e. The second-order valence-electron chi connectivity index (χ2n) is 3.64. The fraction of sp³-hybridized carbons (Fsp3) is 0.286. The number of hydrogen-bond donors (Lipinski definition) is 2. The topological polar surface area (TPSA) is 75.6 Å². The second kappa shape index (κ2) is 7.92. The molecule has 20 heavy (non-hydrogen) atoms. The molecule has 5 nitrogen and oxygen atoms in total. The average Bonchev–Trinajstić information content (AvgIpc) is 2.43. The maximum atomic E-state index is 13.6. The van der Waals surface area contributed by atoms with Crippen LogP contribution in [0.1, 0.15) is 22.8 Å². The van der Waals surface area contributed by atoms with Gasteiger partial charge in [-0.2, -0.15) is 0 Å². The molecule has 0 aliphatic carbocycles. The molecule has 106 valence electrons. The molecular weight excluding hydrogens is 265 g/mol. The smallest absolute Gasteiger partial charge is 0.325 e. The van der Waals surface area contributed by atoms with E-state index >= 15 is 0 Å². The number of ether oxygens (including phenoxy) is 1. The number of carbonyl (C=O) groups is 2. The zero-order valence-corrected chi connectivity index (χ0v) is 10.9. The third kappa shape index (κ3) is 4.71. The number of rotatable bonds is 4. The monoisotopic (exact) mass is 279 g/mol. The highest BCUT2D eigenvalue weighted by Crippen LogP contribution is 2.09. The largest absolute Gasteiger partial charge is 0.465 e. The summed E-state index contributed by atoms with van der Waals surface area (Å²) in [5, 5.41) is 10.8. The minimum Gasteiger partial charge on any atom is -0.465 e. The lowest BCUT2D eigenvalue weighted by atomic mass is 10.1. The number of benzene rings is 1. The molecule has 0 aliphatic rings. The third-order valence-electron chi connectivity index (χ3n) is 2.23. The first-order valence-corrected chi connectivity index (χ1v) is 5.91. The van der Waals surface area contributed by atoms with Crippen LogP contribution in [0, 0.1) is 17.7 Å². The molecule has 0 saturated carbocycles. The normalized spacial score (nSPS) is 9.35. The van der Waals surface area contributed by atoms with Gasteiger partial charge in [0, 0.05) is 5.56 Å². The van der Waals surface area contributed by atoms with Crippen molar-refractivity contribution in [1.82, 2.24) is 5.32 Å². The quantitative estimate of drug-likeness (QED) is 0.620. The van der Waals surface area contributed by atoms with E-state index in [1.165, 1.54) is 12.1 Å². The van der Waals surface area contributed by atoms with Crippen molar-refractivity contribution in [1.29, 1.82) is 0 Å². The summed E-state index contributed by atoms with van der Waals surface area (Å²) >= 11 is 0. The Bertz CT molecular complexity index is 560. The van der Waals surface area contributed by atoms with Crippen molar-refractivity contribution in [2.75, 3.05) is 19.8 Å². The van der Waals surface area contributed by atoms with Crippen LogP contribution in [0.5, 0.6) is 0 Å². The summed E-state index contributed by atoms with van der Waals surface area (Å²) in [5.41, 5.74) is 0.155. The van der Waals surface area contributed by atoms with Crippen molar-refractivity contribution < 1.29 is 23.8 Å². The molecule has 0 atom stereocenters. The number of aliphatic hydroxyl groups excluding tert-OH is 1. The summed E-state index contributed by atoms with van der Waals surface area (Å²) in [6, 6.07) is 3.73. The molecule has 0 bridgehead atoms. The fourth-order valence-corrected chi connectivity index (χ4v) is 1.36. The van der Waals surface area contributed by atoms with E-state index in [-0.39, 0.29) is 30.9 Å². The number of halogens is 1. The van der Waals surface area contributed by atoms with Gasteiger partial charge in [0.15, 0.2) is 0 Å². The van der Waals surface area contributed by atoms with Crippen molar-refractivity contribution in [3.63, 3.8) is 0 Å². The lowest BCUT2D eigenvalue weighted by Crippen LogP contribution is -2.30. The number of nitrogens with one attached hydrogen (secondary N) is 1. The minimum atomic E-state index is -0.672. The molecule has 6 heteroatoms. The Kier molecular flexibility index (Phi) is 6.20.